The predicted molar refractivity (Wildman–Crippen MR) is 97.8 cm³/mol. The third-order valence-electron chi connectivity index (χ3n) is 4.66. The van der Waals surface area contributed by atoms with Crippen molar-refractivity contribution in [2.45, 2.75) is 57.3 Å². The number of nitrogens with zero attached hydrogens (tertiary/aromatic N) is 1. The third kappa shape index (κ3) is 4.48. The van der Waals surface area contributed by atoms with Crippen molar-refractivity contribution in [3.05, 3.63) is 34.1 Å². The Kier molecular flexibility index (Phi) is 6.11. The van der Waals surface area contributed by atoms with Gasteiger partial charge in [-0.15, -0.1) is 0 Å². The van der Waals surface area contributed by atoms with E-state index in [1.165, 1.54) is 12.5 Å². The standard InChI is InChI=1S/C18H25BrFN3O/c1-2-21-18(23-16-11-14-7-8-17(16)24-14)22-9-3-4-12-5-6-13(19)10-15(12)20/h5-6,10,14,16-17H,2-4,7-9,11H2,1H3,(H2,21,22,23). The van der Waals surface area contributed by atoms with E-state index in [1.54, 1.807) is 0 Å². The first-order valence-corrected chi connectivity index (χ1v) is 9.59. The van der Waals surface area contributed by atoms with Crippen LogP contribution in [-0.4, -0.2) is 37.3 Å². The molecule has 2 heterocycles. The summed E-state index contributed by atoms with van der Waals surface area (Å²) in [6.07, 6.45) is 5.67. The Bertz CT molecular complexity index is 596. The van der Waals surface area contributed by atoms with Gasteiger partial charge in [0.25, 0.3) is 0 Å². The summed E-state index contributed by atoms with van der Waals surface area (Å²) in [5, 5.41) is 6.79. The highest BCUT2D eigenvalue weighted by atomic mass is 79.9. The molecule has 3 unspecified atom stereocenters. The largest absolute Gasteiger partial charge is 0.373 e. The minimum atomic E-state index is -0.155. The summed E-state index contributed by atoms with van der Waals surface area (Å²) in [7, 11) is 0. The van der Waals surface area contributed by atoms with Gasteiger partial charge in [-0.1, -0.05) is 22.0 Å². The summed E-state index contributed by atoms with van der Waals surface area (Å²) in [6, 6.07) is 5.59. The van der Waals surface area contributed by atoms with Crippen LogP contribution in [-0.2, 0) is 11.2 Å². The van der Waals surface area contributed by atoms with Gasteiger partial charge in [0, 0.05) is 17.6 Å². The van der Waals surface area contributed by atoms with Crippen molar-refractivity contribution in [2.24, 2.45) is 4.99 Å². The van der Waals surface area contributed by atoms with Gasteiger partial charge in [-0.25, -0.2) is 4.39 Å². The Morgan fingerprint density at radius 1 is 1.42 bits per heavy atom. The molecule has 0 spiro atoms. The van der Waals surface area contributed by atoms with E-state index in [0.29, 0.717) is 31.2 Å². The molecular formula is C18H25BrFN3O. The zero-order valence-electron chi connectivity index (χ0n) is 14.0. The van der Waals surface area contributed by atoms with Gasteiger partial charge in [-0.05, 0) is 56.7 Å². The molecule has 6 heteroatoms. The summed E-state index contributed by atoms with van der Waals surface area (Å²) in [5.41, 5.74) is 0.743. The monoisotopic (exact) mass is 397 g/mol. The number of fused-ring (bicyclic) bond motifs is 2. The fourth-order valence-corrected chi connectivity index (χ4v) is 3.80. The average Bonchev–Trinajstić information content (AvgIpc) is 3.16. The fraction of sp³-hybridized carbons (Fsp3) is 0.611. The molecule has 3 rings (SSSR count). The molecule has 0 aliphatic carbocycles. The third-order valence-corrected chi connectivity index (χ3v) is 5.15. The van der Waals surface area contributed by atoms with E-state index >= 15 is 0 Å². The number of ether oxygens (including phenoxy) is 1. The molecule has 1 aromatic carbocycles. The van der Waals surface area contributed by atoms with Crippen molar-refractivity contribution in [3.8, 4) is 0 Å². The van der Waals surface area contributed by atoms with Gasteiger partial charge in [-0.2, -0.15) is 0 Å². The minimum Gasteiger partial charge on any atom is -0.373 e. The summed E-state index contributed by atoms with van der Waals surface area (Å²) >= 11 is 3.28. The first-order valence-electron chi connectivity index (χ1n) is 8.80. The molecular weight excluding hydrogens is 373 g/mol. The van der Waals surface area contributed by atoms with Gasteiger partial charge >= 0.3 is 0 Å². The Morgan fingerprint density at radius 2 is 2.29 bits per heavy atom. The highest BCUT2D eigenvalue weighted by Gasteiger charge is 2.41. The van der Waals surface area contributed by atoms with Crippen LogP contribution < -0.4 is 10.6 Å². The highest BCUT2D eigenvalue weighted by molar-refractivity contribution is 9.10. The smallest absolute Gasteiger partial charge is 0.191 e. The van der Waals surface area contributed by atoms with Crippen molar-refractivity contribution in [3.63, 3.8) is 0 Å². The Labute approximate surface area is 151 Å². The van der Waals surface area contributed by atoms with E-state index in [0.717, 1.165) is 41.8 Å². The molecule has 2 fully saturated rings. The molecule has 2 aliphatic heterocycles. The lowest BCUT2D eigenvalue weighted by Gasteiger charge is -2.22. The number of nitrogens with one attached hydrogen (secondary N) is 2. The van der Waals surface area contributed by atoms with Crippen LogP contribution in [0.3, 0.4) is 0 Å². The van der Waals surface area contributed by atoms with E-state index in [9.17, 15) is 4.39 Å². The van der Waals surface area contributed by atoms with E-state index in [-0.39, 0.29) is 5.82 Å². The maximum Gasteiger partial charge on any atom is 0.191 e. The van der Waals surface area contributed by atoms with E-state index in [1.807, 2.05) is 12.1 Å². The topological polar surface area (TPSA) is 45.7 Å². The van der Waals surface area contributed by atoms with Crippen LogP contribution in [0.2, 0.25) is 0 Å². The Hall–Kier alpha value is -1.14. The van der Waals surface area contributed by atoms with Crippen LogP contribution >= 0.6 is 15.9 Å². The predicted octanol–water partition coefficient (Wildman–Crippen LogP) is 3.40. The fourth-order valence-electron chi connectivity index (χ4n) is 3.47. The van der Waals surface area contributed by atoms with Crippen LogP contribution in [0.15, 0.2) is 27.7 Å². The number of halogens is 2. The molecule has 0 amide bonds. The molecule has 2 saturated heterocycles. The number of hydrogen-bond donors (Lipinski definition) is 2. The first kappa shape index (κ1) is 17.7. The molecule has 24 heavy (non-hydrogen) atoms. The highest BCUT2D eigenvalue weighted by Crippen LogP contribution is 2.34. The first-order chi connectivity index (χ1) is 11.7. The lowest BCUT2D eigenvalue weighted by molar-refractivity contribution is 0.0992. The second-order valence-corrected chi connectivity index (χ2v) is 7.38. The van der Waals surface area contributed by atoms with Crippen LogP contribution in [0.1, 0.15) is 38.2 Å². The van der Waals surface area contributed by atoms with Gasteiger partial charge in [-0.3, -0.25) is 4.99 Å². The quantitative estimate of drug-likeness (QED) is 0.439. The number of aliphatic imine (C=N–C) groups is 1. The van der Waals surface area contributed by atoms with Crippen LogP contribution in [0.4, 0.5) is 4.39 Å². The molecule has 0 aromatic heterocycles. The Balaban J connectivity index is 1.48. The second kappa shape index (κ2) is 8.30. The van der Waals surface area contributed by atoms with E-state index < -0.39 is 0 Å². The number of guanidine groups is 1. The van der Waals surface area contributed by atoms with Gasteiger partial charge in [0.05, 0.1) is 18.2 Å². The zero-order valence-corrected chi connectivity index (χ0v) is 15.6. The summed E-state index contributed by atoms with van der Waals surface area (Å²) in [5.74, 6) is 0.687. The van der Waals surface area contributed by atoms with Crippen molar-refractivity contribution >= 4 is 21.9 Å². The van der Waals surface area contributed by atoms with Crippen LogP contribution in [0.25, 0.3) is 0 Å². The number of aryl methyl sites for hydroxylation is 1. The van der Waals surface area contributed by atoms with E-state index in [4.69, 9.17) is 4.74 Å². The summed E-state index contributed by atoms with van der Waals surface area (Å²) in [4.78, 5) is 4.63. The normalized spacial score (nSPS) is 26.0. The lowest BCUT2D eigenvalue weighted by Crippen LogP contribution is -2.47. The summed E-state index contributed by atoms with van der Waals surface area (Å²) < 4.78 is 20.5. The van der Waals surface area contributed by atoms with Crippen LogP contribution in [0, 0.1) is 5.82 Å². The number of rotatable bonds is 6. The maximum absolute atomic E-state index is 13.8. The van der Waals surface area contributed by atoms with Crippen LogP contribution in [0.5, 0.6) is 0 Å². The molecule has 132 valence electrons. The summed E-state index contributed by atoms with van der Waals surface area (Å²) in [6.45, 7) is 3.56. The molecule has 1 aromatic rings. The average molecular weight is 398 g/mol. The second-order valence-electron chi connectivity index (χ2n) is 6.46. The molecule has 2 N–H and O–H groups in total. The Morgan fingerprint density at radius 3 is 2.96 bits per heavy atom. The van der Waals surface area contributed by atoms with Gasteiger partial charge in [0.1, 0.15) is 5.82 Å². The van der Waals surface area contributed by atoms with Crippen molar-refractivity contribution in [2.75, 3.05) is 13.1 Å². The number of hydrogen-bond acceptors (Lipinski definition) is 2. The van der Waals surface area contributed by atoms with Gasteiger partial charge in [0.15, 0.2) is 5.96 Å². The lowest BCUT2D eigenvalue weighted by atomic mass is 9.96. The van der Waals surface area contributed by atoms with E-state index in [2.05, 4.69) is 38.5 Å². The molecule has 0 saturated carbocycles. The van der Waals surface area contributed by atoms with Crippen molar-refractivity contribution in [1.82, 2.24) is 10.6 Å². The molecule has 3 atom stereocenters. The number of benzene rings is 1. The van der Waals surface area contributed by atoms with Gasteiger partial charge in [0.2, 0.25) is 0 Å². The molecule has 4 nitrogen and oxygen atoms in total. The minimum absolute atomic E-state index is 0.155. The maximum atomic E-state index is 13.8. The van der Waals surface area contributed by atoms with Crippen molar-refractivity contribution in [1.29, 1.82) is 0 Å². The van der Waals surface area contributed by atoms with Gasteiger partial charge < -0.3 is 15.4 Å². The SMILES string of the molecule is CCNC(=NCCCc1ccc(Br)cc1F)NC1CC2CCC1O2. The molecule has 0 radical (unpaired) electrons. The molecule has 2 aliphatic rings. The molecule has 2 bridgehead atoms. The van der Waals surface area contributed by atoms with Crippen molar-refractivity contribution < 1.29 is 9.13 Å². The zero-order chi connectivity index (χ0) is 16.9.